The number of rotatable bonds is 6. The van der Waals surface area contributed by atoms with E-state index in [1.807, 2.05) is 24.3 Å². The number of hydrogen-bond donors (Lipinski definition) is 1. The smallest absolute Gasteiger partial charge is 0.337 e. The third-order valence-corrected chi connectivity index (χ3v) is 5.90. The van der Waals surface area contributed by atoms with Crippen LogP contribution in [0.5, 0.6) is 0 Å². The van der Waals surface area contributed by atoms with E-state index in [4.69, 9.17) is 4.74 Å². The molecule has 0 aromatic heterocycles. The van der Waals surface area contributed by atoms with Crippen LogP contribution in [0.25, 0.3) is 0 Å². The van der Waals surface area contributed by atoms with Crippen molar-refractivity contribution in [3.8, 4) is 0 Å². The number of esters is 1. The lowest BCUT2D eigenvalue weighted by Crippen LogP contribution is -2.56. The quantitative estimate of drug-likeness (QED) is 0.791. The van der Waals surface area contributed by atoms with Crippen LogP contribution in [-0.4, -0.2) is 66.3 Å². The predicted molar refractivity (Wildman–Crippen MR) is 102 cm³/mol. The van der Waals surface area contributed by atoms with Crippen molar-refractivity contribution in [1.82, 2.24) is 9.80 Å². The molecule has 0 spiro atoms. The molecular formula is C21H32N2O3. The maximum absolute atomic E-state index is 11.6. The summed E-state index contributed by atoms with van der Waals surface area (Å²) in [5.74, 6) is -0.291. The lowest BCUT2D eigenvalue weighted by molar-refractivity contribution is 0.0137. The van der Waals surface area contributed by atoms with Gasteiger partial charge >= 0.3 is 5.97 Å². The maximum atomic E-state index is 11.6. The van der Waals surface area contributed by atoms with Crippen LogP contribution in [0.15, 0.2) is 24.3 Å². The summed E-state index contributed by atoms with van der Waals surface area (Å²) >= 11 is 0. The molecule has 144 valence electrons. The molecule has 1 aromatic carbocycles. The Hall–Kier alpha value is -1.43. The van der Waals surface area contributed by atoms with Crippen LogP contribution >= 0.6 is 0 Å². The van der Waals surface area contributed by atoms with Crippen molar-refractivity contribution < 1.29 is 14.6 Å². The van der Waals surface area contributed by atoms with E-state index in [9.17, 15) is 9.90 Å². The minimum atomic E-state index is -0.291. The number of carbonyl (C=O) groups excluding carboxylic acids is 1. The van der Waals surface area contributed by atoms with Gasteiger partial charge in [0, 0.05) is 44.9 Å². The van der Waals surface area contributed by atoms with Crippen molar-refractivity contribution in [3.63, 3.8) is 0 Å². The normalized spacial score (nSPS) is 23.1. The summed E-state index contributed by atoms with van der Waals surface area (Å²) < 4.78 is 4.76. The Balaban J connectivity index is 1.59. The molecule has 1 atom stereocenters. The van der Waals surface area contributed by atoms with Crippen LogP contribution in [0.4, 0.5) is 0 Å². The van der Waals surface area contributed by atoms with Gasteiger partial charge in [-0.3, -0.25) is 9.80 Å². The summed E-state index contributed by atoms with van der Waals surface area (Å²) in [6.45, 7) is 4.32. The van der Waals surface area contributed by atoms with Crippen molar-refractivity contribution in [1.29, 1.82) is 0 Å². The fourth-order valence-corrected chi connectivity index (χ4v) is 4.50. The second-order valence-corrected chi connectivity index (χ2v) is 7.62. The summed E-state index contributed by atoms with van der Waals surface area (Å²) in [6, 6.07) is 8.87. The second kappa shape index (κ2) is 9.49. The molecule has 5 nitrogen and oxygen atoms in total. The molecule has 2 fully saturated rings. The van der Waals surface area contributed by atoms with Crippen molar-refractivity contribution >= 4 is 5.97 Å². The molecule has 1 N–H and O–H groups in total. The molecule has 1 aliphatic heterocycles. The van der Waals surface area contributed by atoms with Gasteiger partial charge in [-0.15, -0.1) is 0 Å². The minimum absolute atomic E-state index is 0.259. The highest BCUT2D eigenvalue weighted by Crippen LogP contribution is 2.27. The predicted octanol–water partition coefficient (Wildman–Crippen LogP) is 2.67. The van der Waals surface area contributed by atoms with Gasteiger partial charge in [0.15, 0.2) is 0 Å². The number of benzene rings is 1. The first-order valence-electron chi connectivity index (χ1n) is 9.97. The van der Waals surface area contributed by atoms with Crippen LogP contribution in [0.3, 0.4) is 0 Å². The number of hydrogen-bond acceptors (Lipinski definition) is 5. The Bertz CT molecular complexity index is 569. The molecule has 1 heterocycles. The van der Waals surface area contributed by atoms with Gasteiger partial charge in [-0.1, -0.05) is 31.4 Å². The lowest BCUT2D eigenvalue weighted by atomic mass is 9.91. The van der Waals surface area contributed by atoms with E-state index in [-0.39, 0.29) is 12.6 Å². The van der Waals surface area contributed by atoms with Crippen molar-refractivity contribution in [2.75, 3.05) is 33.4 Å². The fraction of sp³-hybridized carbons (Fsp3) is 0.667. The molecule has 1 saturated carbocycles. The Kier molecular flexibility index (Phi) is 7.06. The largest absolute Gasteiger partial charge is 0.465 e. The maximum Gasteiger partial charge on any atom is 0.337 e. The molecule has 0 radical (unpaired) electrons. The number of ether oxygens (including phenoxy) is 1. The lowest BCUT2D eigenvalue weighted by Gasteiger charge is -2.46. The molecule has 0 amide bonds. The van der Waals surface area contributed by atoms with Crippen LogP contribution < -0.4 is 0 Å². The molecule has 5 heteroatoms. The van der Waals surface area contributed by atoms with Crippen LogP contribution in [0, 0.1) is 0 Å². The van der Waals surface area contributed by atoms with E-state index in [1.54, 1.807) is 0 Å². The van der Waals surface area contributed by atoms with Gasteiger partial charge in [0.2, 0.25) is 0 Å². The monoisotopic (exact) mass is 360 g/mol. The van der Waals surface area contributed by atoms with E-state index < -0.39 is 0 Å². The van der Waals surface area contributed by atoms with Crippen molar-refractivity contribution in [3.05, 3.63) is 35.4 Å². The highest BCUT2D eigenvalue weighted by molar-refractivity contribution is 5.89. The zero-order valence-corrected chi connectivity index (χ0v) is 15.9. The average Bonchev–Trinajstić information content (AvgIpc) is 2.69. The minimum Gasteiger partial charge on any atom is -0.465 e. The van der Waals surface area contributed by atoms with Gasteiger partial charge in [-0.05, 0) is 37.0 Å². The van der Waals surface area contributed by atoms with E-state index in [2.05, 4.69) is 9.80 Å². The van der Waals surface area contributed by atoms with Gasteiger partial charge in [0.05, 0.1) is 12.7 Å². The topological polar surface area (TPSA) is 53.0 Å². The Morgan fingerprint density at radius 2 is 1.88 bits per heavy atom. The second-order valence-electron chi connectivity index (χ2n) is 7.62. The number of piperazine rings is 1. The third kappa shape index (κ3) is 4.84. The molecular weight excluding hydrogens is 328 g/mol. The molecule has 26 heavy (non-hydrogen) atoms. The zero-order chi connectivity index (χ0) is 18.4. The Morgan fingerprint density at radius 3 is 2.54 bits per heavy atom. The number of aliphatic hydroxyl groups is 1. The summed E-state index contributed by atoms with van der Waals surface area (Å²) in [4.78, 5) is 16.7. The molecule has 0 bridgehead atoms. The van der Waals surface area contributed by atoms with E-state index >= 15 is 0 Å². The number of methoxy groups -OCH3 is 1. The highest BCUT2D eigenvalue weighted by atomic mass is 16.5. The molecule has 2 aliphatic rings. The molecule has 1 aromatic rings. The average molecular weight is 360 g/mol. The molecule has 1 saturated heterocycles. The Morgan fingerprint density at radius 1 is 1.15 bits per heavy atom. The first kappa shape index (κ1) is 19.3. The van der Waals surface area contributed by atoms with E-state index in [0.29, 0.717) is 17.6 Å². The van der Waals surface area contributed by atoms with Crippen molar-refractivity contribution in [2.45, 2.75) is 57.2 Å². The zero-order valence-electron chi connectivity index (χ0n) is 15.9. The van der Waals surface area contributed by atoms with Crippen LogP contribution in [0.1, 0.15) is 54.4 Å². The Labute approximate surface area is 156 Å². The van der Waals surface area contributed by atoms with E-state index in [1.165, 1.54) is 44.8 Å². The van der Waals surface area contributed by atoms with Crippen molar-refractivity contribution in [2.24, 2.45) is 0 Å². The molecule has 3 rings (SSSR count). The van der Waals surface area contributed by atoms with E-state index in [0.717, 1.165) is 32.6 Å². The summed E-state index contributed by atoms with van der Waals surface area (Å²) in [6.07, 6.45) is 7.57. The van der Waals surface area contributed by atoms with Gasteiger partial charge in [-0.2, -0.15) is 0 Å². The summed E-state index contributed by atoms with van der Waals surface area (Å²) in [5.41, 5.74) is 1.81. The van der Waals surface area contributed by atoms with Crippen LogP contribution in [-0.2, 0) is 11.3 Å². The number of carbonyl (C=O) groups is 1. The van der Waals surface area contributed by atoms with Gasteiger partial charge < -0.3 is 9.84 Å². The standard InChI is InChI=1S/C21H32N2O3/c1-26-21(25)18-9-7-17(8-10-18)15-22-12-13-23(20(16-22)11-14-24)19-5-3-2-4-6-19/h7-10,19-20,24H,2-6,11-16H2,1H3/t20-/m0/s1. The van der Waals surface area contributed by atoms with Crippen LogP contribution in [0.2, 0.25) is 0 Å². The third-order valence-electron chi connectivity index (χ3n) is 5.90. The number of nitrogens with zero attached hydrogens (tertiary/aromatic N) is 2. The summed E-state index contributed by atoms with van der Waals surface area (Å²) in [7, 11) is 1.41. The highest BCUT2D eigenvalue weighted by Gasteiger charge is 2.32. The summed E-state index contributed by atoms with van der Waals surface area (Å²) in [5, 5.41) is 9.53. The fourth-order valence-electron chi connectivity index (χ4n) is 4.50. The first-order chi connectivity index (χ1) is 12.7. The van der Waals surface area contributed by atoms with Gasteiger partial charge in [-0.25, -0.2) is 4.79 Å². The van der Waals surface area contributed by atoms with Gasteiger partial charge in [0.25, 0.3) is 0 Å². The molecule has 1 aliphatic carbocycles. The first-order valence-corrected chi connectivity index (χ1v) is 9.97. The molecule has 0 unspecified atom stereocenters. The van der Waals surface area contributed by atoms with Gasteiger partial charge in [0.1, 0.15) is 0 Å². The number of aliphatic hydroxyl groups excluding tert-OH is 1. The SMILES string of the molecule is COC(=O)c1ccc(CN2CCN(C3CCCCC3)[C@@H](CCO)C2)cc1.